The first-order valence-electron chi connectivity index (χ1n) is 4.30. The molecule has 0 aromatic carbocycles. The zero-order valence-corrected chi connectivity index (χ0v) is 7.73. The number of rotatable bonds is 6. The molecule has 13 heavy (non-hydrogen) atoms. The van der Waals surface area contributed by atoms with Crippen LogP contribution >= 0.6 is 0 Å². The average Bonchev–Trinajstić information content (AvgIpc) is 2.01. The Balaban J connectivity index is 3.18. The lowest BCUT2D eigenvalue weighted by Gasteiger charge is -2.09. The van der Waals surface area contributed by atoms with Gasteiger partial charge in [0.05, 0.1) is 6.61 Å². The largest absolute Gasteiger partial charge is 0.389 e. The van der Waals surface area contributed by atoms with Gasteiger partial charge in [0.2, 0.25) is 0 Å². The summed E-state index contributed by atoms with van der Waals surface area (Å²) in [5.41, 5.74) is 5.30. The van der Waals surface area contributed by atoms with Gasteiger partial charge >= 0.3 is 6.18 Å². The number of hydrogen-bond donors (Lipinski definition) is 1. The van der Waals surface area contributed by atoms with E-state index < -0.39 is 12.6 Å². The SMILES string of the molecule is CC(CN)COCCCC(F)(F)F. The van der Waals surface area contributed by atoms with Gasteiger partial charge in [-0.25, -0.2) is 0 Å². The Labute approximate surface area is 76.2 Å². The third-order valence-corrected chi connectivity index (χ3v) is 1.55. The van der Waals surface area contributed by atoms with E-state index in [4.69, 9.17) is 10.5 Å². The maximum atomic E-state index is 11.6. The average molecular weight is 199 g/mol. The molecule has 0 aliphatic heterocycles. The number of nitrogens with two attached hydrogens (primary N) is 1. The van der Waals surface area contributed by atoms with Gasteiger partial charge in [0.1, 0.15) is 0 Å². The molecule has 1 unspecified atom stereocenters. The minimum absolute atomic E-state index is 0.0286. The fourth-order valence-corrected chi connectivity index (χ4v) is 0.727. The van der Waals surface area contributed by atoms with Crippen molar-refractivity contribution in [2.24, 2.45) is 11.7 Å². The molecule has 0 aromatic heterocycles. The predicted octanol–water partition coefficient (Wildman–Crippen LogP) is 1.94. The van der Waals surface area contributed by atoms with Gasteiger partial charge in [-0.3, -0.25) is 0 Å². The second-order valence-electron chi connectivity index (χ2n) is 3.13. The lowest BCUT2D eigenvalue weighted by molar-refractivity contribution is -0.138. The summed E-state index contributed by atoms with van der Waals surface area (Å²) in [7, 11) is 0. The summed E-state index contributed by atoms with van der Waals surface area (Å²) >= 11 is 0. The van der Waals surface area contributed by atoms with Gasteiger partial charge in [-0.15, -0.1) is 0 Å². The third kappa shape index (κ3) is 9.63. The first-order chi connectivity index (χ1) is 5.95. The molecule has 0 amide bonds. The van der Waals surface area contributed by atoms with Gasteiger partial charge in [-0.05, 0) is 18.9 Å². The Hall–Kier alpha value is -0.290. The van der Waals surface area contributed by atoms with Crippen molar-refractivity contribution in [2.75, 3.05) is 19.8 Å². The van der Waals surface area contributed by atoms with E-state index in [1.54, 1.807) is 0 Å². The molecule has 0 fully saturated rings. The molecule has 2 N–H and O–H groups in total. The van der Waals surface area contributed by atoms with Crippen LogP contribution in [-0.4, -0.2) is 25.9 Å². The first-order valence-corrected chi connectivity index (χ1v) is 4.30. The number of hydrogen-bond acceptors (Lipinski definition) is 2. The van der Waals surface area contributed by atoms with E-state index in [0.717, 1.165) is 0 Å². The van der Waals surface area contributed by atoms with Crippen LogP contribution in [0.4, 0.5) is 13.2 Å². The van der Waals surface area contributed by atoms with Gasteiger partial charge < -0.3 is 10.5 Å². The second-order valence-corrected chi connectivity index (χ2v) is 3.13. The van der Waals surface area contributed by atoms with Crippen molar-refractivity contribution < 1.29 is 17.9 Å². The summed E-state index contributed by atoms with van der Waals surface area (Å²) in [6.07, 6.45) is -4.81. The van der Waals surface area contributed by atoms with Crippen molar-refractivity contribution in [1.29, 1.82) is 0 Å². The molecule has 0 spiro atoms. The Morgan fingerprint density at radius 2 is 2.00 bits per heavy atom. The van der Waals surface area contributed by atoms with Gasteiger partial charge in [-0.2, -0.15) is 13.2 Å². The standard InChI is InChI=1S/C8H16F3NO/c1-7(5-12)6-13-4-2-3-8(9,10)11/h7H,2-6,12H2,1H3. The fourth-order valence-electron chi connectivity index (χ4n) is 0.727. The summed E-state index contributed by atoms with van der Waals surface area (Å²) in [5.74, 6) is 0.214. The first kappa shape index (κ1) is 12.7. The summed E-state index contributed by atoms with van der Waals surface area (Å²) < 4.78 is 39.9. The zero-order valence-electron chi connectivity index (χ0n) is 7.73. The summed E-state index contributed by atoms with van der Waals surface area (Å²) in [5, 5.41) is 0. The lowest BCUT2D eigenvalue weighted by atomic mass is 10.2. The topological polar surface area (TPSA) is 35.2 Å². The van der Waals surface area contributed by atoms with E-state index in [2.05, 4.69) is 0 Å². The summed E-state index contributed by atoms with van der Waals surface area (Å²) in [6, 6.07) is 0. The molecule has 0 heterocycles. The van der Waals surface area contributed by atoms with Crippen LogP contribution in [0.2, 0.25) is 0 Å². The van der Waals surface area contributed by atoms with Crippen molar-refractivity contribution in [3.8, 4) is 0 Å². The molecule has 0 aliphatic rings. The molecule has 1 atom stereocenters. The fraction of sp³-hybridized carbons (Fsp3) is 1.00. The Bertz CT molecular complexity index is 127. The third-order valence-electron chi connectivity index (χ3n) is 1.55. The van der Waals surface area contributed by atoms with Crippen molar-refractivity contribution in [3.05, 3.63) is 0 Å². The van der Waals surface area contributed by atoms with Gasteiger partial charge in [0, 0.05) is 13.0 Å². The predicted molar refractivity (Wildman–Crippen MR) is 44.3 cm³/mol. The van der Waals surface area contributed by atoms with Gasteiger partial charge in [0.15, 0.2) is 0 Å². The van der Waals surface area contributed by atoms with Crippen LogP contribution in [0.5, 0.6) is 0 Å². The molecular formula is C8H16F3NO. The van der Waals surface area contributed by atoms with E-state index in [1.807, 2.05) is 6.92 Å². The Morgan fingerprint density at radius 3 is 2.46 bits per heavy atom. The van der Waals surface area contributed by atoms with Crippen molar-refractivity contribution in [1.82, 2.24) is 0 Å². The van der Waals surface area contributed by atoms with Gasteiger partial charge in [0.25, 0.3) is 0 Å². The van der Waals surface area contributed by atoms with E-state index in [9.17, 15) is 13.2 Å². The molecule has 0 rings (SSSR count). The van der Waals surface area contributed by atoms with Crippen LogP contribution in [0.3, 0.4) is 0 Å². The minimum atomic E-state index is -4.07. The van der Waals surface area contributed by atoms with Crippen LogP contribution in [-0.2, 0) is 4.74 Å². The lowest BCUT2D eigenvalue weighted by Crippen LogP contribution is -2.17. The number of ether oxygens (including phenoxy) is 1. The maximum Gasteiger partial charge on any atom is 0.389 e. The zero-order chi connectivity index (χ0) is 10.3. The second kappa shape index (κ2) is 6.21. The van der Waals surface area contributed by atoms with Crippen LogP contribution in [0, 0.1) is 5.92 Å². The normalized spacial score (nSPS) is 14.5. The molecule has 0 aromatic rings. The van der Waals surface area contributed by atoms with Crippen molar-refractivity contribution in [3.63, 3.8) is 0 Å². The highest BCUT2D eigenvalue weighted by molar-refractivity contribution is 4.52. The highest BCUT2D eigenvalue weighted by atomic mass is 19.4. The summed E-state index contributed by atoms with van der Waals surface area (Å²) in [6.45, 7) is 2.99. The molecule has 0 saturated heterocycles. The highest BCUT2D eigenvalue weighted by Crippen LogP contribution is 2.20. The minimum Gasteiger partial charge on any atom is -0.381 e. The molecule has 80 valence electrons. The Kier molecular flexibility index (Phi) is 6.07. The van der Waals surface area contributed by atoms with Crippen LogP contribution in [0.25, 0.3) is 0 Å². The molecule has 0 aliphatic carbocycles. The van der Waals surface area contributed by atoms with E-state index in [-0.39, 0.29) is 18.9 Å². The van der Waals surface area contributed by atoms with Gasteiger partial charge in [-0.1, -0.05) is 6.92 Å². The molecular weight excluding hydrogens is 183 g/mol. The maximum absolute atomic E-state index is 11.6. The molecule has 2 nitrogen and oxygen atoms in total. The van der Waals surface area contributed by atoms with Crippen LogP contribution in [0.15, 0.2) is 0 Å². The van der Waals surface area contributed by atoms with E-state index in [1.165, 1.54) is 0 Å². The smallest absolute Gasteiger partial charge is 0.381 e. The van der Waals surface area contributed by atoms with E-state index >= 15 is 0 Å². The highest BCUT2D eigenvalue weighted by Gasteiger charge is 2.25. The monoisotopic (exact) mass is 199 g/mol. The molecule has 0 saturated carbocycles. The quantitative estimate of drug-likeness (QED) is 0.663. The molecule has 5 heteroatoms. The van der Waals surface area contributed by atoms with Crippen LogP contribution in [0.1, 0.15) is 19.8 Å². The van der Waals surface area contributed by atoms with Crippen molar-refractivity contribution >= 4 is 0 Å². The van der Waals surface area contributed by atoms with Crippen molar-refractivity contribution in [2.45, 2.75) is 25.9 Å². The number of halogens is 3. The molecule has 0 radical (unpaired) electrons. The van der Waals surface area contributed by atoms with Crippen LogP contribution < -0.4 is 5.73 Å². The number of alkyl halides is 3. The molecule has 0 bridgehead atoms. The Morgan fingerprint density at radius 1 is 1.38 bits per heavy atom. The summed E-state index contributed by atoms with van der Waals surface area (Å²) in [4.78, 5) is 0. The van der Waals surface area contributed by atoms with E-state index in [0.29, 0.717) is 13.2 Å².